The summed E-state index contributed by atoms with van der Waals surface area (Å²) < 4.78 is 0. The third kappa shape index (κ3) is 2.44. The average Bonchev–Trinajstić information content (AvgIpc) is 2.08. The van der Waals surface area contributed by atoms with Crippen LogP contribution in [0.15, 0.2) is 0 Å². The summed E-state index contributed by atoms with van der Waals surface area (Å²) >= 11 is 0. The summed E-state index contributed by atoms with van der Waals surface area (Å²) in [6.45, 7) is 6.93. The number of carbonyl (C=O) groups excluding carboxylic acids is 1. The molecule has 3 nitrogen and oxygen atoms in total. The summed E-state index contributed by atoms with van der Waals surface area (Å²) in [4.78, 5) is 13.6. The summed E-state index contributed by atoms with van der Waals surface area (Å²) in [7, 11) is 0. The van der Waals surface area contributed by atoms with Crippen LogP contribution in [0.5, 0.6) is 0 Å². The molecule has 76 valence electrons. The van der Waals surface area contributed by atoms with E-state index in [4.69, 9.17) is 5.73 Å². The lowest BCUT2D eigenvalue weighted by Gasteiger charge is -2.37. The first kappa shape index (κ1) is 10.5. The monoisotopic (exact) mass is 184 g/mol. The number of piperidine rings is 1. The number of nitrogens with two attached hydrogens (primary N) is 1. The van der Waals surface area contributed by atoms with Crippen molar-refractivity contribution in [1.82, 2.24) is 4.90 Å². The third-order valence-electron chi connectivity index (χ3n) is 2.79. The Morgan fingerprint density at radius 2 is 2.08 bits per heavy atom. The van der Waals surface area contributed by atoms with Gasteiger partial charge in [0.1, 0.15) is 0 Å². The number of likely N-dealkylation sites (tertiary alicyclic amines) is 1. The fourth-order valence-electron chi connectivity index (χ4n) is 1.86. The van der Waals surface area contributed by atoms with E-state index in [2.05, 4.69) is 13.8 Å². The van der Waals surface area contributed by atoms with Gasteiger partial charge in [0.2, 0.25) is 5.91 Å². The van der Waals surface area contributed by atoms with Gasteiger partial charge in [-0.15, -0.1) is 0 Å². The molecule has 0 bridgehead atoms. The molecular formula is C10H20N2O. The van der Waals surface area contributed by atoms with Crippen molar-refractivity contribution >= 4 is 5.91 Å². The van der Waals surface area contributed by atoms with Crippen LogP contribution in [0.2, 0.25) is 0 Å². The molecule has 13 heavy (non-hydrogen) atoms. The Balaban J connectivity index is 2.60. The quantitative estimate of drug-likeness (QED) is 0.660. The lowest BCUT2D eigenvalue weighted by molar-refractivity contribution is -0.136. The zero-order valence-corrected chi connectivity index (χ0v) is 8.79. The van der Waals surface area contributed by atoms with Crippen LogP contribution in [-0.4, -0.2) is 29.4 Å². The van der Waals surface area contributed by atoms with E-state index in [0.717, 1.165) is 13.0 Å². The average molecular weight is 184 g/mol. The summed E-state index contributed by atoms with van der Waals surface area (Å²) in [5.74, 6) is 0.720. The highest BCUT2D eigenvalue weighted by molar-refractivity contribution is 5.81. The maximum absolute atomic E-state index is 11.7. The maximum Gasteiger partial charge on any atom is 0.239 e. The number of hydrogen-bond acceptors (Lipinski definition) is 2. The van der Waals surface area contributed by atoms with Gasteiger partial charge in [0.25, 0.3) is 0 Å². The van der Waals surface area contributed by atoms with E-state index < -0.39 is 0 Å². The topological polar surface area (TPSA) is 46.3 Å². The predicted octanol–water partition coefficient (Wildman–Crippen LogP) is 0.981. The van der Waals surface area contributed by atoms with Gasteiger partial charge in [-0.3, -0.25) is 4.79 Å². The first-order valence-electron chi connectivity index (χ1n) is 5.08. The first-order chi connectivity index (χ1) is 6.02. The van der Waals surface area contributed by atoms with Crippen molar-refractivity contribution in [2.75, 3.05) is 6.54 Å². The Hall–Kier alpha value is -0.570. The number of amides is 1. The minimum absolute atomic E-state index is 0.0963. The van der Waals surface area contributed by atoms with Crippen molar-refractivity contribution in [3.8, 4) is 0 Å². The molecule has 2 N–H and O–H groups in total. The molecule has 1 heterocycles. The highest BCUT2D eigenvalue weighted by Crippen LogP contribution is 2.21. The third-order valence-corrected chi connectivity index (χ3v) is 2.79. The molecule has 3 heteroatoms. The molecule has 0 radical (unpaired) electrons. The highest BCUT2D eigenvalue weighted by Gasteiger charge is 2.28. The van der Waals surface area contributed by atoms with Gasteiger partial charge in [-0.05, 0) is 32.6 Å². The fraction of sp³-hybridized carbons (Fsp3) is 0.900. The molecule has 1 amide bonds. The molecule has 0 aromatic rings. The largest absolute Gasteiger partial charge is 0.338 e. The second kappa shape index (κ2) is 4.09. The number of nitrogens with zero attached hydrogens (tertiary/aromatic N) is 1. The van der Waals surface area contributed by atoms with Gasteiger partial charge in [-0.1, -0.05) is 6.92 Å². The summed E-state index contributed by atoms with van der Waals surface area (Å²) in [5, 5.41) is 0. The molecular weight excluding hydrogens is 164 g/mol. The van der Waals surface area contributed by atoms with Crippen LogP contribution in [0.1, 0.15) is 33.6 Å². The van der Waals surface area contributed by atoms with E-state index in [-0.39, 0.29) is 11.9 Å². The lowest BCUT2D eigenvalue weighted by Crippen LogP contribution is -2.50. The molecule has 0 aromatic heterocycles. The van der Waals surface area contributed by atoms with Gasteiger partial charge in [0.15, 0.2) is 0 Å². The lowest BCUT2D eigenvalue weighted by atomic mass is 9.94. The summed E-state index contributed by atoms with van der Waals surface area (Å²) in [6.07, 6.45) is 2.34. The van der Waals surface area contributed by atoms with Crippen LogP contribution in [-0.2, 0) is 4.79 Å². The van der Waals surface area contributed by atoms with Gasteiger partial charge in [0, 0.05) is 12.6 Å². The fourth-order valence-corrected chi connectivity index (χ4v) is 1.86. The Morgan fingerprint density at radius 3 is 2.62 bits per heavy atom. The summed E-state index contributed by atoms with van der Waals surface area (Å²) in [6, 6.07) is 0.0162. The van der Waals surface area contributed by atoms with Gasteiger partial charge in [-0.25, -0.2) is 0 Å². The van der Waals surface area contributed by atoms with Crippen molar-refractivity contribution in [2.24, 2.45) is 11.7 Å². The minimum atomic E-state index is -0.354. The molecule has 1 rings (SSSR count). The smallest absolute Gasteiger partial charge is 0.239 e. The Kier molecular flexibility index (Phi) is 3.31. The molecule has 1 aliphatic heterocycles. The molecule has 0 aromatic carbocycles. The molecule has 3 atom stereocenters. The minimum Gasteiger partial charge on any atom is -0.338 e. The maximum atomic E-state index is 11.7. The zero-order valence-electron chi connectivity index (χ0n) is 8.79. The molecule has 1 fully saturated rings. The normalized spacial score (nSPS) is 31.5. The van der Waals surface area contributed by atoms with E-state index in [1.165, 1.54) is 6.42 Å². The van der Waals surface area contributed by atoms with Crippen LogP contribution in [0.3, 0.4) is 0 Å². The molecule has 0 saturated carbocycles. The SMILES string of the molecule is CC1CCC(C)N(C(=O)C(C)N)C1. The van der Waals surface area contributed by atoms with Crippen LogP contribution >= 0.6 is 0 Å². The van der Waals surface area contributed by atoms with E-state index in [1.54, 1.807) is 6.92 Å². The van der Waals surface area contributed by atoms with Crippen LogP contribution in [0.4, 0.5) is 0 Å². The van der Waals surface area contributed by atoms with E-state index in [9.17, 15) is 4.79 Å². The van der Waals surface area contributed by atoms with Crippen LogP contribution < -0.4 is 5.73 Å². The number of hydrogen-bond donors (Lipinski definition) is 1. The first-order valence-corrected chi connectivity index (χ1v) is 5.08. The number of carbonyl (C=O) groups is 1. The second-order valence-corrected chi connectivity index (χ2v) is 4.31. The van der Waals surface area contributed by atoms with Gasteiger partial charge in [-0.2, -0.15) is 0 Å². The van der Waals surface area contributed by atoms with Gasteiger partial charge >= 0.3 is 0 Å². The predicted molar refractivity (Wildman–Crippen MR) is 53.2 cm³/mol. The highest BCUT2D eigenvalue weighted by atomic mass is 16.2. The van der Waals surface area contributed by atoms with Crippen molar-refractivity contribution in [2.45, 2.75) is 45.7 Å². The second-order valence-electron chi connectivity index (χ2n) is 4.31. The summed E-state index contributed by atoms with van der Waals surface area (Å²) in [5.41, 5.74) is 5.58. The molecule has 1 aliphatic rings. The Morgan fingerprint density at radius 1 is 1.46 bits per heavy atom. The van der Waals surface area contributed by atoms with Crippen molar-refractivity contribution in [3.63, 3.8) is 0 Å². The van der Waals surface area contributed by atoms with Gasteiger partial charge in [0.05, 0.1) is 6.04 Å². The zero-order chi connectivity index (χ0) is 10.0. The van der Waals surface area contributed by atoms with Crippen molar-refractivity contribution in [3.05, 3.63) is 0 Å². The van der Waals surface area contributed by atoms with Crippen LogP contribution in [0.25, 0.3) is 0 Å². The van der Waals surface area contributed by atoms with Crippen molar-refractivity contribution < 1.29 is 4.79 Å². The van der Waals surface area contributed by atoms with E-state index in [0.29, 0.717) is 12.0 Å². The van der Waals surface area contributed by atoms with Crippen LogP contribution in [0, 0.1) is 5.92 Å². The Bertz CT molecular complexity index is 191. The van der Waals surface area contributed by atoms with E-state index >= 15 is 0 Å². The Labute approximate surface area is 80.3 Å². The van der Waals surface area contributed by atoms with Gasteiger partial charge < -0.3 is 10.6 Å². The number of rotatable bonds is 1. The standard InChI is InChI=1S/C10H20N2O/c1-7-4-5-8(2)12(6-7)10(13)9(3)11/h7-9H,4-6,11H2,1-3H3. The molecule has 0 spiro atoms. The molecule has 0 aliphatic carbocycles. The molecule has 3 unspecified atom stereocenters. The van der Waals surface area contributed by atoms with E-state index in [1.807, 2.05) is 4.90 Å². The van der Waals surface area contributed by atoms with Crippen molar-refractivity contribution in [1.29, 1.82) is 0 Å². The molecule has 1 saturated heterocycles.